The summed E-state index contributed by atoms with van der Waals surface area (Å²) in [6.45, 7) is 0. The molecule has 0 unspecified atom stereocenters. The Kier molecular flexibility index (Phi) is 3.86. The van der Waals surface area contributed by atoms with Gasteiger partial charge in [0.05, 0.1) is 0 Å². The Morgan fingerprint density at radius 1 is 1.06 bits per heavy atom. The van der Waals surface area contributed by atoms with Crippen LogP contribution in [0.4, 0.5) is 8.78 Å². The Hall–Kier alpha value is -0.441. The van der Waals surface area contributed by atoms with Gasteiger partial charge in [0.2, 0.25) is 0 Å². The van der Waals surface area contributed by atoms with Gasteiger partial charge in [0.25, 0.3) is 0 Å². The summed E-state index contributed by atoms with van der Waals surface area (Å²) in [5.41, 5.74) is -1.78. The van der Waals surface area contributed by atoms with Crippen LogP contribution >= 0.6 is 0 Å². The molecule has 0 amide bonds. The first-order valence-electron chi connectivity index (χ1n) is 5.88. The van der Waals surface area contributed by atoms with Gasteiger partial charge in [0.1, 0.15) is 0 Å². The molecule has 0 atom stereocenters. The van der Waals surface area contributed by atoms with E-state index in [-0.39, 0.29) is 12.8 Å². The predicted molar refractivity (Wildman–Crippen MR) is 64.8 cm³/mol. The average molecular weight is 305 g/mol. The third kappa shape index (κ3) is 2.87. The molecule has 1 fully saturated rings. The van der Waals surface area contributed by atoms with Gasteiger partial charge in [-0.3, -0.25) is 0 Å². The van der Waals surface area contributed by atoms with E-state index in [0.717, 1.165) is 6.42 Å². The van der Waals surface area contributed by atoms with Crippen LogP contribution in [0.3, 0.4) is 0 Å². The van der Waals surface area contributed by atoms with Crippen molar-refractivity contribution in [2.24, 2.45) is 0 Å². The number of halogens is 2. The van der Waals surface area contributed by atoms with E-state index >= 15 is 0 Å². The fraction of sp³-hybridized carbons (Fsp3) is 0.538. The van der Waals surface area contributed by atoms with E-state index in [4.69, 9.17) is 0 Å². The van der Waals surface area contributed by atoms with Crippen LogP contribution in [0.1, 0.15) is 32.1 Å². The number of hydrogen-bond donors (Lipinski definition) is 1. The SMILES string of the molecule is OC1(C(F)(F)[Se]c2ccccc2)CCCCC1. The maximum absolute atomic E-state index is 14.2. The first-order valence-corrected chi connectivity index (χ1v) is 7.59. The van der Waals surface area contributed by atoms with Gasteiger partial charge in [-0.2, -0.15) is 0 Å². The zero-order chi connectivity index (χ0) is 12.4. The molecule has 1 N–H and O–H groups in total. The van der Waals surface area contributed by atoms with Crippen LogP contribution in [-0.4, -0.2) is 30.5 Å². The van der Waals surface area contributed by atoms with E-state index in [9.17, 15) is 13.9 Å². The first kappa shape index (κ1) is 13.0. The van der Waals surface area contributed by atoms with Gasteiger partial charge in [-0.15, -0.1) is 0 Å². The molecule has 0 aliphatic heterocycles. The van der Waals surface area contributed by atoms with Gasteiger partial charge in [0, 0.05) is 0 Å². The van der Waals surface area contributed by atoms with E-state index in [1.54, 1.807) is 24.3 Å². The van der Waals surface area contributed by atoms with Gasteiger partial charge in [-0.05, 0) is 0 Å². The van der Waals surface area contributed by atoms with Crippen molar-refractivity contribution in [3.8, 4) is 0 Å². The van der Waals surface area contributed by atoms with Crippen LogP contribution in [0, 0.1) is 0 Å². The summed E-state index contributed by atoms with van der Waals surface area (Å²) in [4.78, 5) is -2.97. The first-order chi connectivity index (χ1) is 8.04. The Balaban J connectivity index is 2.12. The number of benzene rings is 1. The normalized spacial score (nSPS) is 20.2. The standard InChI is InChI=1S/C13H16F2OSe/c14-13(15,12(16)9-5-2-6-10-12)17-11-7-3-1-4-8-11/h1,3-4,7-8,16H,2,5-6,9-10H2. The molecule has 1 aliphatic rings. The molecule has 0 aromatic heterocycles. The van der Waals surface area contributed by atoms with E-state index < -0.39 is 25.4 Å². The Morgan fingerprint density at radius 2 is 1.65 bits per heavy atom. The molecule has 0 heterocycles. The van der Waals surface area contributed by atoms with E-state index in [2.05, 4.69) is 0 Å². The van der Waals surface area contributed by atoms with Gasteiger partial charge in [-0.1, -0.05) is 0 Å². The van der Waals surface area contributed by atoms with E-state index in [1.807, 2.05) is 6.07 Å². The van der Waals surface area contributed by atoms with Crippen molar-refractivity contribution in [1.29, 1.82) is 0 Å². The predicted octanol–water partition coefficient (Wildman–Crippen LogP) is 2.30. The zero-order valence-electron chi connectivity index (χ0n) is 9.53. The summed E-state index contributed by atoms with van der Waals surface area (Å²) in [5, 5.41) is 10.1. The summed E-state index contributed by atoms with van der Waals surface area (Å²) < 4.78 is 29.0. The van der Waals surface area contributed by atoms with E-state index in [1.165, 1.54) is 0 Å². The number of hydrogen-bond acceptors (Lipinski definition) is 1. The minimum atomic E-state index is -2.97. The molecule has 2 rings (SSSR count). The topological polar surface area (TPSA) is 20.2 Å². The second kappa shape index (κ2) is 5.05. The molecule has 0 spiro atoms. The number of alkyl halides is 2. The quantitative estimate of drug-likeness (QED) is 0.850. The Labute approximate surface area is 106 Å². The maximum atomic E-state index is 14.2. The molecular weight excluding hydrogens is 289 g/mol. The Bertz CT molecular complexity index is 361. The molecular formula is C13H16F2OSe. The molecule has 4 heteroatoms. The van der Waals surface area contributed by atoms with Crippen LogP contribution in [-0.2, 0) is 0 Å². The van der Waals surface area contributed by atoms with Crippen molar-refractivity contribution in [2.45, 2.75) is 42.5 Å². The zero-order valence-corrected chi connectivity index (χ0v) is 11.2. The molecule has 94 valence electrons. The average Bonchev–Trinajstić information content (AvgIpc) is 2.30. The van der Waals surface area contributed by atoms with Crippen molar-refractivity contribution in [3.05, 3.63) is 30.3 Å². The molecule has 1 saturated carbocycles. The second-order valence-electron chi connectivity index (χ2n) is 4.52. The van der Waals surface area contributed by atoms with E-state index in [0.29, 0.717) is 17.3 Å². The fourth-order valence-corrected chi connectivity index (χ4v) is 4.22. The van der Waals surface area contributed by atoms with Crippen LogP contribution < -0.4 is 4.46 Å². The van der Waals surface area contributed by atoms with Crippen molar-refractivity contribution in [1.82, 2.24) is 0 Å². The van der Waals surface area contributed by atoms with Crippen molar-refractivity contribution in [3.63, 3.8) is 0 Å². The van der Waals surface area contributed by atoms with Crippen LogP contribution in [0.2, 0.25) is 0 Å². The third-order valence-corrected chi connectivity index (χ3v) is 5.61. The molecule has 1 nitrogen and oxygen atoms in total. The molecule has 1 aliphatic carbocycles. The van der Waals surface area contributed by atoms with Gasteiger partial charge < -0.3 is 0 Å². The molecule has 0 saturated heterocycles. The van der Waals surface area contributed by atoms with Crippen molar-refractivity contribution >= 4 is 19.4 Å². The van der Waals surface area contributed by atoms with Gasteiger partial charge in [-0.25, -0.2) is 0 Å². The third-order valence-electron chi connectivity index (χ3n) is 3.21. The van der Waals surface area contributed by atoms with Crippen molar-refractivity contribution < 1.29 is 13.9 Å². The minimum absolute atomic E-state index is 0.231. The monoisotopic (exact) mass is 306 g/mol. The van der Waals surface area contributed by atoms with Crippen LogP contribution in [0.5, 0.6) is 0 Å². The van der Waals surface area contributed by atoms with Crippen molar-refractivity contribution in [2.75, 3.05) is 0 Å². The summed E-state index contributed by atoms with van der Waals surface area (Å²) in [7, 11) is 0. The molecule has 0 bridgehead atoms. The summed E-state index contributed by atoms with van der Waals surface area (Å²) >= 11 is -1.000. The molecule has 0 radical (unpaired) electrons. The van der Waals surface area contributed by atoms with Gasteiger partial charge >= 0.3 is 106 Å². The second-order valence-corrected chi connectivity index (χ2v) is 7.02. The fourth-order valence-electron chi connectivity index (χ4n) is 2.16. The Morgan fingerprint density at radius 3 is 2.24 bits per heavy atom. The molecule has 17 heavy (non-hydrogen) atoms. The molecule has 1 aromatic rings. The van der Waals surface area contributed by atoms with Crippen LogP contribution in [0.25, 0.3) is 0 Å². The van der Waals surface area contributed by atoms with Gasteiger partial charge in [0.15, 0.2) is 0 Å². The summed E-state index contributed by atoms with van der Waals surface area (Å²) in [6.07, 6.45) is 2.83. The number of rotatable bonds is 3. The molecule has 1 aromatic carbocycles. The number of aliphatic hydroxyl groups is 1. The summed E-state index contributed by atoms with van der Waals surface area (Å²) in [6, 6.07) is 8.75. The summed E-state index contributed by atoms with van der Waals surface area (Å²) in [5.74, 6) is 0. The van der Waals surface area contributed by atoms with Crippen LogP contribution in [0.15, 0.2) is 30.3 Å².